The van der Waals surface area contributed by atoms with Gasteiger partial charge in [-0.1, -0.05) is 54.1 Å². The van der Waals surface area contributed by atoms with E-state index < -0.39 is 17.8 Å². The van der Waals surface area contributed by atoms with E-state index in [1.54, 1.807) is 6.07 Å². The van der Waals surface area contributed by atoms with Crippen molar-refractivity contribution < 1.29 is 13.2 Å². The second-order valence-electron chi connectivity index (χ2n) is 8.52. The molecular weight excluding hydrogens is 435 g/mol. The zero-order valence-corrected chi connectivity index (χ0v) is 19.1. The number of halogens is 3. The number of hydrogen-bond donors (Lipinski definition) is 1. The number of alkyl halides is 3. The minimum Gasteiger partial charge on any atom is -0.306 e. The van der Waals surface area contributed by atoms with E-state index in [9.17, 15) is 23.7 Å². The fourth-order valence-corrected chi connectivity index (χ4v) is 4.10. The highest BCUT2D eigenvalue weighted by molar-refractivity contribution is 5.36. The summed E-state index contributed by atoms with van der Waals surface area (Å²) in [5.74, 6) is -0.0216. The Kier molecular flexibility index (Phi) is 8.10. The Bertz CT molecular complexity index is 1170. The van der Waals surface area contributed by atoms with Gasteiger partial charge in [0.15, 0.2) is 0 Å². The molecule has 0 radical (unpaired) electrons. The van der Waals surface area contributed by atoms with Crippen molar-refractivity contribution in [1.29, 1.82) is 10.5 Å². The Morgan fingerprint density at radius 1 is 0.912 bits per heavy atom. The van der Waals surface area contributed by atoms with Crippen molar-refractivity contribution in [2.24, 2.45) is 0 Å². The predicted molar refractivity (Wildman–Crippen MR) is 126 cm³/mol. The maximum atomic E-state index is 13.0. The van der Waals surface area contributed by atoms with Gasteiger partial charge in [0.1, 0.15) is 0 Å². The third kappa shape index (κ3) is 6.47. The highest BCUT2D eigenvalue weighted by atomic mass is 19.4. The molecule has 3 rings (SSSR count). The van der Waals surface area contributed by atoms with Gasteiger partial charge in [-0.2, -0.15) is 23.7 Å². The van der Waals surface area contributed by atoms with Crippen LogP contribution in [0.1, 0.15) is 58.7 Å². The van der Waals surface area contributed by atoms with Crippen LogP contribution in [0, 0.1) is 29.6 Å². The molecule has 0 aliphatic carbocycles. The zero-order chi connectivity index (χ0) is 24.7. The summed E-state index contributed by atoms with van der Waals surface area (Å²) in [5.41, 5.74) is 3.76. The van der Waals surface area contributed by atoms with E-state index in [1.165, 1.54) is 12.1 Å². The van der Waals surface area contributed by atoms with E-state index in [1.807, 2.05) is 32.0 Å². The monoisotopic (exact) mass is 461 g/mol. The minimum absolute atomic E-state index is 0.0216. The molecule has 0 saturated carbocycles. The molecule has 0 amide bonds. The summed E-state index contributed by atoms with van der Waals surface area (Å²) in [7, 11) is 0. The maximum Gasteiger partial charge on any atom is 0.416 e. The lowest BCUT2D eigenvalue weighted by Crippen LogP contribution is -2.36. The van der Waals surface area contributed by atoms with Crippen LogP contribution >= 0.6 is 0 Å². The average molecular weight is 462 g/mol. The largest absolute Gasteiger partial charge is 0.416 e. The van der Waals surface area contributed by atoms with Crippen molar-refractivity contribution in [2.75, 3.05) is 0 Å². The normalized spacial score (nSPS) is 14.0. The molecule has 0 heterocycles. The number of nitriles is 2. The van der Waals surface area contributed by atoms with Gasteiger partial charge < -0.3 is 5.32 Å². The van der Waals surface area contributed by atoms with Crippen LogP contribution in [0.2, 0.25) is 0 Å². The van der Waals surface area contributed by atoms with Crippen molar-refractivity contribution >= 4 is 0 Å². The van der Waals surface area contributed by atoms with Crippen LogP contribution in [0.4, 0.5) is 13.2 Å². The molecule has 1 unspecified atom stereocenters. The molecule has 6 heteroatoms. The van der Waals surface area contributed by atoms with E-state index in [-0.39, 0.29) is 18.4 Å². The number of hydrogen-bond acceptors (Lipinski definition) is 3. The Morgan fingerprint density at radius 2 is 1.59 bits per heavy atom. The second-order valence-corrected chi connectivity index (χ2v) is 8.52. The molecule has 0 aliphatic heterocycles. The number of aryl methyl sites for hydroxylation is 1. The van der Waals surface area contributed by atoms with E-state index in [4.69, 9.17) is 0 Å². The first-order chi connectivity index (χ1) is 16.2. The van der Waals surface area contributed by atoms with Crippen molar-refractivity contribution in [3.8, 4) is 12.1 Å². The number of benzene rings is 3. The van der Waals surface area contributed by atoms with Gasteiger partial charge in [-0.3, -0.25) is 0 Å². The summed E-state index contributed by atoms with van der Waals surface area (Å²) in [5, 5.41) is 22.2. The third-order valence-electron chi connectivity index (χ3n) is 6.02. The fourth-order valence-electron chi connectivity index (χ4n) is 4.10. The van der Waals surface area contributed by atoms with E-state index >= 15 is 0 Å². The van der Waals surface area contributed by atoms with Crippen LogP contribution in [-0.4, -0.2) is 6.04 Å². The molecule has 1 N–H and O–H groups in total. The third-order valence-corrected chi connectivity index (χ3v) is 6.02. The van der Waals surface area contributed by atoms with Crippen LogP contribution in [0.3, 0.4) is 0 Å². The minimum atomic E-state index is -4.41. The van der Waals surface area contributed by atoms with E-state index in [0.29, 0.717) is 17.5 Å². The van der Waals surface area contributed by atoms with Gasteiger partial charge in [-0.05, 0) is 61.2 Å². The first kappa shape index (κ1) is 25.0. The Labute approximate surface area is 198 Å². The molecule has 3 atom stereocenters. The molecule has 0 aliphatic rings. The first-order valence-corrected chi connectivity index (χ1v) is 11.1. The van der Waals surface area contributed by atoms with Gasteiger partial charge in [0.25, 0.3) is 0 Å². The standard InChI is InChI=1S/C28H26F3N3/c1-19-6-8-21(9-7-19)17-26(24-5-3-4-22(16-24)18-33)20(2)34-27(14-15-32)23-10-12-25(13-11-23)28(29,30)31/h3-13,16,20,26-27,34H,14,17H2,1-2H3/t20-,26+,27?/m0/s1. The van der Waals surface area contributed by atoms with Crippen molar-refractivity contribution in [1.82, 2.24) is 5.32 Å². The number of rotatable bonds is 8. The van der Waals surface area contributed by atoms with E-state index in [0.717, 1.165) is 28.8 Å². The first-order valence-electron chi connectivity index (χ1n) is 11.1. The summed E-state index contributed by atoms with van der Waals surface area (Å²) in [6.45, 7) is 4.03. The summed E-state index contributed by atoms with van der Waals surface area (Å²) < 4.78 is 38.9. The molecule has 3 aromatic carbocycles. The van der Waals surface area contributed by atoms with Gasteiger partial charge in [0.05, 0.1) is 29.7 Å². The molecule has 3 aromatic rings. The Balaban J connectivity index is 1.90. The lowest BCUT2D eigenvalue weighted by atomic mass is 9.85. The predicted octanol–water partition coefficient (Wildman–Crippen LogP) is 6.84. The lowest BCUT2D eigenvalue weighted by molar-refractivity contribution is -0.137. The van der Waals surface area contributed by atoms with Gasteiger partial charge in [0, 0.05) is 18.0 Å². The molecule has 3 nitrogen and oxygen atoms in total. The SMILES string of the molecule is Cc1ccc(C[C@@H](c2cccc(C#N)c2)[C@H](C)NC(CC#N)c2ccc(C(F)(F)F)cc2)cc1. The van der Waals surface area contributed by atoms with Gasteiger partial charge >= 0.3 is 6.18 Å². The van der Waals surface area contributed by atoms with Gasteiger partial charge in [0.2, 0.25) is 0 Å². The molecule has 0 bridgehead atoms. The van der Waals surface area contributed by atoms with Crippen LogP contribution in [0.15, 0.2) is 72.8 Å². The molecule has 0 spiro atoms. The summed E-state index contributed by atoms with van der Waals surface area (Å²) in [6.07, 6.45) is -3.59. The van der Waals surface area contributed by atoms with E-state index in [2.05, 4.69) is 41.7 Å². The van der Waals surface area contributed by atoms with Crippen molar-refractivity contribution in [3.63, 3.8) is 0 Å². The Hall–Kier alpha value is -3.61. The summed E-state index contributed by atoms with van der Waals surface area (Å²) >= 11 is 0. The van der Waals surface area contributed by atoms with Crippen LogP contribution < -0.4 is 5.32 Å². The molecule has 0 saturated heterocycles. The molecule has 174 valence electrons. The highest BCUT2D eigenvalue weighted by Crippen LogP contribution is 2.32. The Morgan fingerprint density at radius 3 is 2.18 bits per heavy atom. The zero-order valence-electron chi connectivity index (χ0n) is 19.1. The molecular formula is C28H26F3N3. The smallest absolute Gasteiger partial charge is 0.306 e. The van der Waals surface area contributed by atoms with Crippen LogP contribution in [-0.2, 0) is 12.6 Å². The van der Waals surface area contributed by atoms with Gasteiger partial charge in [-0.15, -0.1) is 0 Å². The number of nitrogens with zero attached hydrogens (tertiary/aromatic N) is 2. The van der Waals surface area contributed by atoms with Gasteiger partial charge in [-0.25, -0.2) is 0 Å². The second kappa shape index (κ2) is 11.0. The molecule has 34 heavy (non-hydrogen) atoms. The fraction of sp³-hybridized carbons (Fsp3) is 0.286. The summed E-state index contributed by atoms with van der Waals surface area (Å²) in [4.78, 5) is 0. The maximum absolute atomic E-state index is 13.0. The lowest BCUT2D eigenvalue weighted by Gasteiger charge is -2.30. The number of nitrogens with one attached hydrogen (secondary N) is 1. The quantitative estimate of drug-likeness (QED) is 0.399. The van der Waals surface area contributed by atoms with Crippen LogP contribution in [0.5, 0.6) is 0 Å². The average Bonchev–Trinajstić information content (AvgIpc) is 2.83. The molecule has 0 fully saturated rings. The highest BCUT2D eigenvalue weighted by Gasteiger charge is 2.30. The molecule has 0 aromatic heterocycles. The van der Waals surface area contributed by atoms with Crippen molar-refractivity contribution in [2.45, 2.75) is 50.9 Å². The van der Waals surface area contributed by atoms with Crippen LogP contribution in [0.25, 0.3) is 0 Å². The topological polar surface area (TPSA) is 59.6 Å². The summed E-state index contributed by atoms with van der Waals surface area (Å²) in [6, 6.07) is 24.4. The van der Waals surface area contributed by atoms with Crippen molar-refractivity contribution in [3.05, 3.63) is 106 Å².